The molecule has 0 aromatic heterocycles. The topological polar surface area (TPSA) is 38.3 Å². The second-order valence-electron chi connectivity index (χ2n) is 5.53. The Morgan fingerprint density at radius 1 is 1.12 bits per heavy atom. The molecular weight excluding hydrogens is 319 g/mol. The number of nitrogens with one attached hydrogen (secondary N) is 1. The van der Waals surface area contributed by atoms with E-state index in [1.165, 1.54) is 12.1 Å². The summed E-state index contributed by atoms with van der Waals surface area (Å²) in [5.74, 6) is 0.0527. The summed E-state index contributed by atoms with van der Waals surface area (Å²) < 4.78 is 43.7. The van der Waals surface area contributed by atoms with Gasteiger partial charge in [0.15, 0.2) is 6.10 Å². The molecule has 2 aromatic rings. The van der Waals surface area contributed by atoms with E-state index < -0.39 is 23.8 Å². The van der Waals surface area contributed by atoms with Crippen LogP contribution < -0.4 is 10.1 Å². The zero-order chi connectivity index (χ0) is 17.9. The summed E-state index contributed by atoms with van der Waals surface area (Å²) in [5, 5.41) is 2.44. The molecular formula is C18H18F3NO2. The van der Waals surface area contributed by atoms with Crippen LogP contribution >= 0.6 is 0 Å². The van der Waals surface area contributed by atoms with Gasteiger partial charge >= 0.3 is 6.18 Å². The van der Waals surface area contributed by atoms with Gasteiger partial charge in [0.25, 0.3) is 5.91 Å². The van der Waals surface area contributed by atoms with Gasteiger partial charge in [-0.05, 0) is 56.2 Å². The van der Waals surface area contributed by atoms with Gasteiger partial charge < -0.3 is 10.1 Å². The van der Waals surface area contributed by atoms with E-state index in [0.717, 1.165) is 23.3 Å². The van der Waals surface area contributed by atoms with Crippen molar-refractivity contribution in [3.63, 3.8) is 0 Å². The number of halogens is 3. The number of aryl methyl sites for hydroxylation is 1. The Labute approximate surface area is 138 Å². The number of carbonyl (C=O) groups excluding carboxylic acids is 1. The predicted octanol–water partition coefficient (Wildman–Crippen LogP) is 4.73. The second-order valence-corrected chi connectivity index (χ2v) is 5.53. The fraction of sp³-hybridized carbons (Fsp3) is 0.278. The molecule has 2 aromatic carbocycles. The number of carbonyl (C=O) groups is 1. The van der Waals surface area contributed by atoms with Crippen LogP contribution in [0.4, 0.5) is 18.9 Å². The lowest BCUT2D eigenvalue weighted by atomic mass is 10.1. The fourth-order valence-electron chi connectivity index (χ4n) is 2.11. The highest BCUT2D eigenvalue weighted by Gasteiger charge is 2.30. The molecule has 0 radical (unpaired) electrons. The third-order valence-corrected chi connectivity index (χ3v) is 3.69. The average molecular weight is 337 g/mol. The highest BCUT2D eigenvalue weighted by atomic mass is 19.4. The van der Waals surface area contributed by atoms with Crippen LogP contribution in [0, 0.1) is 13.8 Å². The van der Waals surface area contributed by atoms with Crippen molar-refractivity contribution in [3.05, 3.63) is 59.2 Å². The molecule has 2 rings (SSSR count). The molecule has 3 nitrogen and oxygen atoms in total. The number of hydrogen-bond acceptors (Lipinski definition) is 2. The molecule has 0 bridgehead atoms. The zero-order valence-corrected chi connectivity index (χ0v) is 13.6. The van der Waals surface area contributed by atoms with E-state index in [4.69, 9.17) is 4.74 Å². The van der Waals surface area contributed by atoms with Gasteiger partial charge in [0.2, 0.25) is 0 Å². The summed E-state index contributed by atoms with van der Waals surface area (Å²) in [5.41, 5.74) is 1.20. The Balaban J connectivity index is 2.08. The SMILES string of the molecule is Cc1cccc(O[C@H](C)C(=O)Nc2cccc(C(F)(F)F)c2)c1C. The smallest absolute Gasteiger partial charge is 0.416 e. The molecule has 0 saturated heterocycles. The normalized spacial score (nSPS) is 12.6. The van der Waals surface area contributed by atoms with Crippen molar-refractivity contribution in [1.82, 2.24) is 0 Å². The number of anilines is 1. The Kier molecular flexibility index (Phi) is 5.17. The molecule has 1 N–H and O–H groups in total. The largest absolute Gasteiger partial charge is 0.481 e. The summed E-state index contributed by atoms with van der Waals surface area (Å²) in [6, 6.07) is 9.97. The molecule has 128 valence electrons. The van der Waals surface area contributed by atoms with Crippen LogP contribution in [0.2, 0.25) is 0 Å². The summed E-state index contributed by atoms with van der Waals surface area (Å²) in [6.45, 7) is 5.35. The number of ether oxygens (including phenoxy) is 1. The van der Waals surface area contributed by atoms with Crippen LogP contribution in [0.5, 0.6) is 5.75 Å². The van der Waals surface area contributed by atoms with Crippen LogP contribution in [0.1, 0.15) is 23.6 Å². The fourth-order valence-corrected chi connectivity index (χ4v) is 2.11. The summed E-state index contributed by atoms with van der Waals surface area (Å²) >= 11 is 0. The minimum atomic E-state index is -4.46. The van der Waals surface area contributed by atoms with Gasteiger partial charge in [-0.2, -0.15) is 13.2 Å². The van der Waals surface area contributed by atoms with Crippen molar-refractivity contribution >= 4 is 11.6 Å². The van der Waals surface area contributed by atoms with Gasteiger partial charge in [-0.15, -0.1) is 0 Å². The lowest BCUT2D eigenvalue weighted by Gasteiger charge is -2.17. The minimum Gasteiger partial charge on any atom is -0.481 e. The van der Waals surface area contributed by atoms with Crippen molar-refractivity contribution in [1.29, 1.82) is 0 Å². The molecule has 0 aliphatic rings. The van der Waals surface area contributed by atoms with Crippen LogP contribution in [-0.4, -0.2) is 12.0 Å². The second kappa shape index (κ2) is 6.95. The van der Waals surface area contributed by atoms with Gasteiger partial charge in [0.1, 0.15) is 5.75 Å². The van der Waals surface area contributed by atoms with Gasteiger partial charge in [-0.25, -0.2) is 0 Å². The Bertz CT molecular complexity index is 741. The maximum atomic E-state index is 12.7. The van der Waals surface area contributed by atoms with Crippen LogP contribution in [0.25, 0.3) is 0 Å². The van der Waals surface area contributed by atoms with E-state index >= 15 is 0 Å². The van der Waals surface area contributed by atoms with Gasteiger partial charge in [0, 0.05) is 5.69 Å². The van der Waals surface area contributed by atoms with Crippen molar-refractivity contribution in [3.8, 4) is 5.75 Å². The number of amides is 1. The van der Waals surface area contributed by atoms with Crippen molar-refractivity contribution in [2.24, 2.45) is 0 Å². The maximum absolute atomic E-state index is 12.7. The third kappa shape index (κ3) is 4.28. The summed E-state index contributed by atoms with van der Waals surface area (Å²) in [7, 11) is 0. The highest BCUT2D eigenvalue weighted by molar-refractivity contribution is 5.94. The van der Waals surface area contributed by atoms with Crippen molar-refractivity contribution in [2.45, 2.75) is 33.1 Å². The quantitative estimate of drug-likeness (QED) is 0.876. The number of benzene rings is 2. The summed E-state index contributed by atoms with van der Waals surface area (Å²) in [6.07, 6.45) is -5.30. The lowest BCUT2D eigenvalue weighted by molar-refractivity contribution is -0.137. The Hall–Kier alpha value is -2.50. The third-order valence-electron chi connectivity index (χ3n) is 3.69. The molecule has 0 aliphatic carbocycles. The first-order chi connectivity index (χ1) is 11.2. The van der Waals surface area contributed by atoms with Crippen LogP contribution in [0.3, 0.4) is 0 Å². The Morgan fingerprint density at radius 2 is 1.79 bits per heavy atom. The molecule has 0 aliphatic heterocycles. The molecule has 1 atom stereocenters. The van der Waals surface area contributed by atoms with Crippen molar-refractivity contribution < 1.29 is 22.7 Å². The molecule has 24 heavy (non-hydrogen) atoms. The van der Waals surface area contributed by atoms with E-state index in [-0.39, 0.29) is 5.69 Å². The molecule has 0 spiro atoms. The molecule has 6 heteroatoms. The average Bonchev–Trinajstić information content (AvgIpc) is 2.51. The lowest BCUT2D eigenvalue weighted by Crippen LogP contribution is -2.30. The maximum Gasteiger partial charge on any atom is 0.416 e. The van der Waals surface area contributed by atoms with Gasteiger partial charge in [0.05, 0.1) is 5.56 Å². The van der Waals surface area contributed by atoms with E-state index in [9.17, 15) is 18.0 Å². The number of alkyl halides is 3. The first-order valence-electron chi connectivity index (χ1n) is 7.39. The molecule has 0 fully saturated rings. The monoisotopic (exact) mass is 337 g/mol. The highest BCUT2D eigenvalue weighted by Crippen LogP contribution is 2.30. The predicted molar refractivity (Wildman–Crippen MR) is 86.1 cm³/mol. The van der Waals surface area contributed by atoms with Gasteiger partial charge in [-0.1, -0.05) is 18.2 Å². The number of hydrogen-bond donors (Lipinski definition) is 1. The minimum absolute atomic E-state index is 0.0752. The van der Waals surface area contributed by atoms with E-state index in [1.807, 2.05) is 26.0 Å². The van der Waals surface area contributed by atoms with E-state index in [0.29, 0.717) is 5.75 Å². The van der Waals surface area contributed by atoms with Crippen LogP contribution in [-0.2, 0) is 11.0 Å². The first kappa shape index (κ1) is 17.8. The summed E-state index contributed by atoms with van der Waals surface area (Å²) in [4.78, 5) is 12.2. The molecule has 0 unspecified atom stereocenters. The van der Waals surface area contributed by atoms with Crippen LogP contribution in [0.15, 0.2) is 42.5 Å². The molecule has 0 saturated carbocycles. The van der Waals surface area contributed by atoms with Gasteiger partial charge in [-0.3, -0.25) is 4.79 Å². The standard InChI is InChI=1S/C18H18F3NO2/c1-11-6-4-9-16(12(11)2)24-13(3)17(23)22-15-8-5-7-14(10-15)18(19,20)21/h4-10,13H,1-3H3,(H,22,23)/t13-/m1/s1. The molecule has 0 heterocycles. The first-order valence-corrected chi connectivity index (χ1v) is 7.39. The zero-order valence-electron chi connectivity index (χ0n) is 13.6. The van der Waals surface area contributed by atoms with Crippen molar-refractivity contribution in [2.75, 3.05) is 5.32 Å². The Morgan fingerprint density at radius 3 is 2.46 bits per heavy atom. The van der Waals surface area contributed by atoms with E-state index in [2.05, 4.69) is 5.32 Å². The van der Waals surface area contributed by atoms with E-state index in [1.54, 1.807) is 13.0 Å². The number of rotatable bonds is 4. The molecule has 1 amide bonds.